The quantitative estimate of drug-likeness (QED) is 0.424. The molecule has 1 N–H and O–H groups in total. The van der Waals surface area contributed by atoms with Crippen LogP contribution in [0.1, 0.15) is 44.5 Å². The predicted octanol–water partition coefficient (Wildman–Crippen LogP) is 4.73. The van der Waals surface area contributed by atoms with Gasteiger partial charge in [-0.3, -0.25) is 9.59 Å². The third-order valence-corrected chi connectivity index (χ3v) is 4.70. The molecule has 3 aromatic rings. The fourth-order valence-corrected chi connectivity index (χ4v) is 3.06. The van der Waals surface area contributed by atoms with E-state index in [0.29, 0.717) is 16.7 Å². The van der Waals surface area contributed by atoms with E-state index in [1.807, 2.05) is 30.3 Å². The molecule has 0 unspecified atom stereocenters. The van der Waals surface area contributed by atoms with Crippen molar-refractivity contribution in [1.29, 1.82) is 0 Å². The number of benzene rings is 2. The Morgan fingerprint density at radius 1 is 1.03 bits per heavy atom. The van der Waals surface area contributed by atoms with Crippen molar-refractivity contribution < 1.29 is 28.3 Å². The van der Waals surface area contributed by atoms with Gasteiger partial charge in [-0.25, -0.2) is 4.79 Å². The molecule has 0 saturated heterocycles. The van der Waals surface area contributed by atoms with E-state index in [0.717, 1.165) is 5.56 Å². The average molecular weight is 437 g/mol. The molecule has 1 aromatic heterocycles. The number of amides is 1. The van der Waals surface area contributed by atoms with Gasteiger partial charge in [0, 0.05) is 22.9 Å². The Morgan fingerprint density at radius 3 is 2.41 bits per heavy atom. The summed E-state index contributed by atoms with van der Waals surface area (Å²) in [7, 11) is 0. The average Bonchev–Trinajstić information content (AvgIpc) is 3.12. The summed E-state index contributed by atoms with van der Waals surface area (Å²) in [6.45, 7) is 7.51. The first-order chi connectivity index (χ1) is 15.2. The SMILES string of the molecule is CCOC(=O)c1c(-c2ccccc2)oc2ccc(OC(=O)CCNC(=O)C(C)(C)C)cc12. The maximum Gasteiger partial charge on any atom is 0.342 e. The zero-order valence-electron chi connectivity index (χ0n) is 18.7. The number of carbonyl (C=O) groups excluding carboxylic acids is 3. The lowest BCUT2D eigenvalue weighted by Gasteiger charge is -2.17. The molecule has 0 aliphatic carbocycles. The molecular formula is C25H27NO6. The highest BCUT2D eigenvalue weighted by Crippen LogP contribution is 2.36. The minimum Gasteiger partial charge on any atom is -0.462 e. The number of furan rings is 1. The van der Waals surface area contributed by atoms with Gasteiger partial charge in [-0.05, 0) is 25.1 Å². The van der Waals surface area contributed by atoms with E-state index in [1.54, 1.807) is 45.9 Å². The van der Waals surface area contributed by atoms with Crippen molar-refractivity contribution in [2.75, 3.05) is 13.2 Å². The number of ether oxygens (including phenoxy) is 2. The van der Waals surface area contributed by atoms with Crippen LogP contribution in [-0.2, 0) is 14.3 Å². The normalized spacial score (nSPS) is 11.2. The van der Waals surface area contributed by atoms with Crippen LogP contribution in [0.25, 0.3) is 22.3 Å². The van der Waals surface area contributed by atoms with E-state index in [-0.39, 0.29) is 36.8 Å². The predicted molar refractivity (Wildman–Crippen MR) is 120 cm³/mol. The van der Waals surface area contributed by atoms with Gasteiger partial charge in [0.25, 0.3) is 0 Å². The molecule has 0 radical (unpaired) electrons. The van der Waals surface area contributed by atoms with Crippen LogP contribution in [0.5, 0.6) is 5.75 Å². The van der Waals surface area contributed by atoms with E-state index in [9.17, 15) is 14.4 Å². The number of carbonyl (C=O) groups is 3. The molecule has 0 saturated carbocycles. The van der Waals surface area contributed by atoms with E-state index < -0.39 is 17.4 Å². The molecule has 0 aliphatic heterocycles. The maximum absolute atomic E-state index is 12.7. The van der Waals surface area contributed by atoms with Crippen LogP contribution in [0.3, 0.4) is 0 Å². The minimum absolute atomic E-state index is 0.0191. The van der Waals surface area contributed by atoms with E-state index in [1.165, 1.54) is 0 Å². The molecule has 1 amide bonds. The highest BCUT2D eigenvalue weighted by Gasteiger charge is 2.24. The summed E-state index contributed by atoms with van der Waals surface area (Å²) in [5.74, 6) is -0.484. The number of rotatable bonds is 7. The molecular weight excluding hydrogens is 410 g/mol. The topological polar surface area (TPSA) is 94.8 Å². The summed E-state index contributed by atoms with van der Waals surface area (Å²) in [5, 5.41) is 3.21. The third-order valence-electron chi connectivity index (χ3n) is 4.70. The highest BCUT2D eigenvalue weighted by atomic mass is 16.5. The van der Waals surface area contributed by atoms with E-state index >= 15 is 0 Å². The van der Waals surface area contributed by atoms with Crippen LogP contribution in [0, 0.1) is 5.41 Å². The van der Waals surface area contributed by atoms with Gasteiger partial charge in [-0.15, -0.1) is 0 Å². The van der Waals surface area contributed by atoms with Crippen LogP contribution < -0.4 is 10.1 Å². The molecule has 168 valence electrons. The van der Waals surface area contributed by atoms with Gasteiger partial charge >= 0.3 is 11.9 Å². The van der Waals surface area contributed by atoms with Crippen molar-refractivity contribution in [2.24, 2.45) is 5.41 Å². The van der Waals surface area contributed by atoms with Crippen LogP contribution in [0.2, 0.25) is 0 Å². The number of fused-ring (bicyclic) bond motifs is 1. The Balaban J connectivity index is 1.83. The van der Waals surface area contributed by atoms with Crippen LogP contribution in [0.15, 0.2) is 52.9 Å². The summed E-state index contributed by atoms with van der Waals surface area (Å²) >= 11 is 0. The summed E-state index contributed by atoms with van der Waals surface area (Å²) < 4.78 is 16.6. The number of hydrogen-bond donors (Lipinski definition) is 1. The van der Waals surface area contributed by atoms with Gasteiger partial charge in [0.05, 0.1) is 13.0 Å². The van der Waals surface area contributed by atoms with Crippen molar-refractivity contribution >= 4 is 28.8 Å². The Morgan fingerprint density at radius 2 is 1.75 bits per heavy atom. The number of esters is 2. The monoisotopic (exact) mass is 437 g/mol. The molecule has 0 bridgehead atoms. The molecule has 7 heteroatoms. The van der Waals surface area contributed by atoms with Gasteiger partial charge in [0.2, 0.25) is 5.91 Å². The second kappa shape index (κ2) is 9.68. The van der Waals surface area contributed by atoms with Gasteiger partial charge < -0.3 is 19.2 Å². The second-order valence-electron chi connectivity index (χ2n) is 8.28. The lowest BCUT2D eigenvalue weighted by Crippen LogP contribution is -2.36. The van der Waals surface area contributed by atoms with Crippen molar-refractivity contribution in [3.8, 4) is 17.1 Å². The Hall–Kier alpha value is -3.61. The summed E-state index contributed by atoms with van der Waals surface area (Å²) in [4.78, 5) is 36.8. The zero-order valence-corrected chi connectivity index (χ0v) is 18.7. The number of nitrogens with one attached hydrogen (secondary N) is 1. The fraction of sp³-hybridized carbons (Fsp3) is 0.320. The van der Waals surface area contributed by atoms with Crippen LogP contribution in [0.4, 0.5) is 0 Å². The van der Waals surface area contributed by atoms with E-state index in [4.69, 9.17) is 13.9 Å². The molecule has 32 heavy (non-hydrogen) atoms. The van der Waals surface area contributed by atoms with Crippen LogP contribution in [-0.4, -0.2) is 31.0 Å². The highest BCUT2D eigenvalue weighted by molar-refractivity contribution is 6.09. The van der Waals surface area contributed by atoms with Gasteiger partial charge in [-0.2, -0.15) is 0 Å². The van der Waals surface area contributed by atoms with Crippen molar-refractivity contribution in [2.45, 2.75) is 34.1 Å². The van der Waals surface area contributed by atoms with Crippen molar-refractivity contribution in [1.82, 2.24) is 5.32 Å². The molecule has 2 aromatic carbocycles. The lowest BCUT2D eigenvalue weighted by molar-refractivity contribution is -0.134. The Kier molecular flexibility index (Phi) is 6.98. The number of hydrogen-bond acceptors (Lipinski definition) is 6. The lowest BCUT2D eigenvalue weighted by atomic mass is 9.96. The second-order valence-corrected chi connectivity index (χ2v) is 8.28. The molecule has 3 rings (SSSR count). The van der Waals surface area contributed by atoms with Gasteiger partial charge in [0.1, 0.15) is 22.7 Å². The van der Waals surface area contributed by atoms with E-state index in [2.05, 4.69) is 5.32 Å². The molecule has 7 nitrogen and oxygen atoms in total. The molecule has 0 aliphatic rings. The summed E-state index contributed by atoms with van der Waals surface area (Å²) in [6.07, 6.45) is 0.0191. The third kappa shape index (κ3) is 5.35. The van der Waals surface area contributed by atoms with Crippen molar-refractivity contribution in [3.63, 3.8) is 0 Å². The Labute approximate surface area is 186 Å². The molecule has 0 spiro atoms. The van der Waals surface area contributed by atoms with Crippen LogP contribution >= 0.6 is 0 Å². The summed E-state index contributed by atoms with van der Waals surface area (Å²) in [5.41, 5.74) is 0.961. The van der Waals surface area contributed by atoms with Gasteiger partial charge in [-0.1, -0.05) is 51.1 Å². The molecule has 1 heterocycles. The minimum atomic E-state index is -0.532. The van der Waals surface area contributed by atoms with Gasteiger partial charge in [0.15, 0.2) is 0 Å². The van der Waals surface area contributed by atoms with Crippen molar-refractivity contribution in [3.05, 3.63) is 54.1 Å². The maximum atomic E-state index is 12.7. The largest absolute Gasteiger partial charge is 0.462 e. The summed E-state index contributed by atoms with van der Waals surface area (Å²) in [6, 6.07) is 14.1. The molecule has 0 fully saturated rings. The zero-order chi connectivity index (χ0) is 23.3. The first-order valence-corrected chi connectivity index (χ1v) is 10.5. The first-order valence-electron chi connectivity index (χ1n) is 10.5. The Bertz CT molecular complexity index is 1120. The standard InChI is InChI=1S/C25H27NO6/c1-5-30-23(28)21-18-15-17(31-20(27)13-14-26-24(29)25(2,3)4)11-12-19(18)32-22(21)16-9-7-6-8-10-16/h6-12,15H,5,13-14H2,1-4H3,(H,26,29). The first kappa shape index (κ1) is 23.1. The molecule has 0 atom stereocenters. The smallest absolute Gasteiger partial charge is 0.342 e. The fourth-order valence-electron chi connectivity index (χ4n) is 3.06.